The number of azo groups is 1. The van der Waals surface area contributed by atoms with Crippen molar-refractivity contribution in [2.75, 3.05) is 5.32 Å². The fourth-order valence-corrected chi connectivity index (χ4v) is 4.51. The van der Waals surface area contributed by atoms with E-state index >= 15 is 0 Å². The summed E-state index contributed by atoms with van der Waals surface area (Å²) in [6.07, 6.45) is 0. The Hall–Kier alpha value is -1.15. The Morgan fingerprint density at radius 3 is 2.26 bits per heavy atom. The number of halogens is 2. The van der Waals surface area contributed by atoms with E-state index in [0.717, 1.165) is 6.07 Å². The van der Waals surface area contributed by atoms with Gasteiger partial charge in [-0.2, -0.15) is 24.4 Å². The molecule has 38 heavy (non-hydrogen) atoms. The second-order valence-corrected chi connectivity index (χ2v) is 9.47. The molecule has 19 heteroatoms. The van der Waals surface area contributed by atoms with Crippen molar-refractivity contribution in [1.29, 1.82) is 0 Å². The molecule has 0 aliphatic carbocycles. The SMILES string of the molecule is O=S(=O)([O-])c1cc2cc(SOO[O-])cc(Nc3nc(Cl)nc(Cl)n3)c2c(O)c1N=Nc1ccccc1.[Na+].[Na+]. The van der Waals surface area contributed by atoms with Gasteiger partial charge in [-0.05, 0) is 58.9 Å². The number of nitrogens with zero attached hydrogens (tertiary/aromatic N) is 5. The largest absolute Gasteiger partial charge is 1.00 e. The summed E-state index contributed by atoms with van der Waals surface area (Å²) < 4.78 is 40.4. The summed E-state index contributed by atoms with van der Waals surface area (Å²) in [6.45, 7) is 0. The monoisotopic (exact) mass is 614 g/mol. The van der Waals surface area contributed by atoms with E-state index in [1.165, 1.54) is 12.1 Å². The molecular weight excluding hydrogens is 605 g/mol. The summed E-state index contributed by atoms with van der Waals surface area (Å²) >= 11 is 12.1. The number of phenols is 1. The van der Waals surface area contributed by atoms with E-state index in [4.69, 9.17) is 23.2 Å². The quantitative estimate of drug-likeness (QED) is 0.0573. The first-order chi connectivity index (χ1) is 17.2. The summed E-state index contributed by atoms with van der Waals surface area (Å²) in [5, 5.41) is 34.8. The van der Waals surface area contributed by atoms with E-state index in [9.17, 15) is 23.3 Å². The number of hydrogen-bond acceptors (Lipinski definition) is 14. The first kappa shape index (κ1) is 33.1. The zero-order valence-electron chi connectivity index (χ0n) is 19.3. The molecule has 0 aliphatic heterocycles. The van der Waals surface area contributed by atoms with Crippen LogP contribution in [0, 0.1) is 0 Å². The Balaban J connectivity index is 0.00000253. The fourth-order valence-electron chi connectivity index (χ4n) is 3.05. The number of rotatable bonds is 8. The molecule has 0 fully saturated rings. The van der Waals surface area contributed by atoms with Gasteiger partial charge in [0.2, 0.25) is 16.5 Å². The van der Waals surface area contributed by atoms with Gasteiger partial charge < -0.3 is 20.2 Å². The third kappa shape index (κ3) is 8.18. The molecule has 4 rings (SSSR count). The minimum Gasteiger partial charge on any atom is -0.744 e. The van der Waals surface area contributed by atoms with Gasteiger partial charge in [0, 0.05) is 10.3 Å². The van der Waals surface area contributed by atoms with Gasteiger partial charge in [0.05, 0.1) is 28.3 Å². The van der Waals surface area contributed by atoms with Crippen molar-refractivity contribution in [3.05, 3.63) is 59.1 Å². The number of nitrogens with one attached hydrogen (secondary N) is 1. The van der Waals surface area contributed by atoms with Crippen LogP contribution in [0.2, 0.25) is 10.6 Å². The standard InChI is InChI=1S/C19H12Cl2N6O7S2.2Na/c20-17-23-18(21)25-19(24-17)22-12-8-11(35-34-33-29)6-9-7-13(36(30,31)32)15(16(28)14(9)12)27-26-10-4-2-1-3-5-10;;/h1-8,28-29H,(H,30,31,32)(H,22,23,24,25);;/q;2*+1/p-2. The average molecular weight is 615 g/mol. The number of aromatic nitrogens is 3. The van der Waals surface area contributed by atoms with Gasteiger partial charge in [0.25, 0.3) is 0 Å². The molecule has 3 aromatic carbocycles. The van der Waals surface area contributed by atoms with E-state index in [-0.39, 0.29) is 97.0 Å². The third-order valence-corrected chi connectivity index (χ3v) is 6.14. The van der Waals surface area contributed by atoms with Crippen LogP contribution in [0.15, 0.2) is 68.6 Å². The zero-order valence-corrected chi connectivity index (χ0v) is 26.5. The topological polar surface area (TPSA) is 194 Å². The van der Waals surface area contributed by atoms with Crippen molar-refractivity contribution >= 4 is 79.1 Å². The molecule has 1 aromatic heterocycles. The van der Waals surface area contributed by atoms with Gasteiger partial charge in [0.1, 0.15) is 15.8 Å². The Kier molecular flexibility index (Phi) is 12.6. The molecule has 0 amide bonds. The van der Waals surface area contributed by atoms with Gasteiger partial charge in [-0.3, -0.25) is 5.04 Å². The van der Waals surface area contributed by atoms with Crippen molar-refractivity contribution in [1.82, 2.24) is 15.0 Å². The second-order valence-electron chi connectivity index (χ2n) is 6.67. The molecule has 0 aliphatic rings. The maximum Gasteiger partial charge on any atom is 1.00 e. The van der Waals surface area contributed by atoms with E-state index in [0.29, 0.717) is 17.7 Å². The normalized spacial score (nSPS) is 11.3. The summed E-state index contributed by atoms with van der Waals surface area (Å²) in [7, 11) is -5.13. The van der Waals surface area contributed by atoms with Crippen molar-refractivity contribution in [3.63, 3.8) is 0 Å². The average Bonchev–Trinajstić information content (AvgIpc) is 2.81. The number of aromatic hydroxyl groups is 1. The molecule has 0 saturated heterocycles. The maximum absolute atomic E-state index is 12.0. The van der Waals surface area contributed by atoms with Crippen LogP contribution in [-0.4, -0.2) is 33.0 Å². The van der Waals surface area contributed by atoms with E-state index < -0.39 is 26.5 Å². The first-order valence-electron chi connectivity index (χ1n) is 9.39. The van der Waals surface area contributed by atoms with Crippen molar-refractivity contribution in [3.8, 4) is 5.75 Å². The van der Waals surface area contributed by atoms with Crippen LogP contribution < -0.4 is 69.7 Å². The molecule has 0 saturated carbocycles. The Morgan fingerprint density at radius 1 is 1.00 bits per heavy atom. The molecular formula is C19H10Cl2N6Na2O7S2. The molecule has 186 valence electrons. The van der Waals surface area contributed by atoms with Crippen LogP contribution in [0.25, 0.3) is 10.8 Å². The zero-order chi connectivity index (χ0) is 25.9. The number of fused-ring (bicyclic) bond motifs is 1. The maximum atomic E-state index is 12.0. The van der Waals surface area contributed by atoms with Crippen LogP contribution >= 0.6 is 35.2 Å². The van der Waals surface area contributed by atoms with Crippen molar-refractivity contribution < 1.29 is 91.8 Å². The molecule has 0 spiro atoms. The van der Waals surface area contributed by atoms with Crippen molar-refractivity contribution in [2.24, 2.45) is 10.2 Å². The minimum absolute atomic E-state index is 0. The molecule has 0 unspecified atom stereocenters. The summed E-state index contributed by atoms with van der Waals surface area (Å²) in [6, 6.07) is 11.9. The summed E-state index contributed by atoms with van der Waals surface area (Å²) in [4.78, 5) is 10.7. The van der Waals surface area contributed by atoms with Crippen molar-refractivity contribution in [2.45, 2.75) is 9.79 Å². The van der Waals surface area contributed by atoms with Gasteiger partial charge in [-0.25, -0.2) is 8.42 Å². The van der Waals surface area contributed by atoms with Crippen LogP contribution in [0.3, 0.4) is 0 Å². The predicted octanol–water partition coefficient (Wildman–Crippen LogP) is -1.66. The Morgan fingerprint density at radius 2 is 1.66 bits per heavy atom. The van der Waals surface area contributed by atoms with Gasteiger partial charge in [-0.15, -0.1) is 5.11 Å². The molecule has 4 aromatic rings. The molecule has 0 bridgehead atoms. The van der Waals surface area contributed by atoms with Gasteiger partial charge >= 0.3 is 59.1 Å². The van der Waals surface area contributed by atoms with E-state index in [1.54, 1.807) is 30.3 Å². The van der Waals surface area contributed by atoms with E-state index in [1.807, 2.05) is 0 Å². The Labute approximate surface area is 273 Å². The van der Waals surface area contributed by atoms with Crippen LogP contribution in [-0.2, 0) is 19.5 Å². The Bertz CT molecular complexity index is 1570. The number of anilines is 2. The molecule has 0 radical (unpaired) electrons. The van der Waals surface area contributed by atoms with E-state index in [2.05, 4.69) is 39.9 Å². The number of phenolic OH excluding ortho intramolecular Hbond substituents is 1. The molecule has 13 nitrogen and oxygen atoms in total. The minimum atomic E-state index is -5.13. The fraction of sp³-hybridized carbons (Fsp3) is 0. The third-order valence-electron chi connectivity index (χ3n) is 4.40. The molecule has 1 heterocycles. The van der Waals surface area contributed by atoms with Crippen LogP contribution in [0.5, 0.6) is 5.75 Å². The first-order valence-corrected chi connectivity index (χ1v) is 12.3. The smallest absolute Gasteiger partial charge is 0.744 e. The van der Waals surface area contributed by atoms with Gasteiger partial charge in [-0.1, -0.05) is 18.2 Å². The number of benzene rings is 3. The van der Waals surface area contributed by atoms with Gasteiger partial charge in [0.15, 0.2) is 5.75 Å². The molecule has 2 N–H and O–H groups in total. The van der Waals surface area contributed by atoms with Crippen LogP contribution in [0.1, 0.15) is 0 Å². The summed E-state index contributed by atoms with van der Waals surface area (Å²) in [5.74, 6) is -0.843. The summed E-state index contributed by atoms with van der Waals surface area (Å²) in [5.41, 5.74) is -0.206. The van der Waals surface area contributed by atoms with Crippen LogP contribution in [0.4, 0.5) is 23.0 Å². The predicted molar refractivity (Wildman–Crippen MR) is 125 cm³/mol. The molecule has 0 atom stereocenters. The number of hydrogen-bond donors (Lipinski definition) is 2. The second kappa shape index (κ2) is 14.5.